The maximum Gasteiger partial charge on any atom is 0.343 e. The van der Waals surface area contributed by atoms with Gasteiger partial charge in [0.25, 0.3) is 0 Å². The summed E-state index contributed by atoms with van der Waals surface area (Å²) >= 11 is 0. The van der Waals surface area contributed by atoms with E-state index in [1.54, 1.807) is 31.0 Å². The molecule has 1 atom stereocenters. The summed E-state index contributed by atoms with van der Waals surface area (Å²) in [6, 6.07) is 4.91. The Bertz CT molecular complexity index is 992. The van der Waals surface area contributed by atoms with Crippen LogP contribution in [0.3, 0.4) is 0 Å². The van der Waals surface area contributed by atoms with E-state index >= 15 is 0 Å². The van der Waals surface area contributed by atoms with Crippen LogP contribution < -0.4 is 14.8 Å². The molecule has 0 fully saturated rings. The van der Waals surface area contributed by atoms with Gasteiger partial charge in [-0.3, -0.25) is 4.79 Å². The van der Waals surface area contributed by atoms with Crippen molar-refractivity contribution in [3.05, 3.63) is 46.8 Å². The molecule has 1 aliphatic heterocycles. The molecule has 0 saturated heterocycles. The Morgan fingerprint density at radius 2 is 2.04 bits per heavy atom. The molecule has 1 N–H and O–H groups in total. The Labute approximate surface area is 162 Å². The zero-order valence-corrected chi connectivity index (χ0v) is 15.9. The lowest BCUT2D eigenvalue weighted by Gasteiger charge is -2.34. The Morgan fingerprint density at radius 1 is 1.21 bits per heavy atom. The van der Waals surface area contributed by atoms with Gasteiger partial charge in [-0.25, -0.2) is 9.48 Å². The van der Waals surface area contributed by atoms with E-state index in [1.165, 1.54) is 13.3 Å². The van der Waals surface area contributed by atoms with Gasteiger partial charge in [-0.05, 0) is 31.0 Å². The number of esters is 1. The molecular weight excluding hydrogens is 362 g/mol. The third-order valence-electron chi connectivity index (χ3n) is 5.18. The molecule has 1 aliphatic carbocycles. The number of aromatic nitrogens is 2. The Hall–Kier alpha value is -3.29. The molecule has 4 rings (SSSR count). The van der Waals surface area contributed by atoms with Crippen molar-refractivity contribution < 1.29 is 23.8 Å². The van der Waals surface area contributed by atoms with Crippen LogP contribution in [0.1, 0.15) is 41.2 Å². The fourth-order valence-corrected chi connectivity index (χ4v) is 3.86. The van der Waals surface area contributed by atoms with Gasteiger partial charge in [0, 0.05) is 23.3 Å². The fourth-order valence-electron chi connectivity index (χ4n) is 3.86. The minimum atomic E-state index is -0.525. The Kier molecular flexibility index (Phi) is 4.54. The second-order valence-electron chi connectivity index (χ2n) is 6.65. The van der Waals surface area contributed by atoms with Crippen molar-refractivity contribution in [1.29, 1.82) is 0 Å². The third-order valence-corrected chi connectivity index (χ3v) is 5.18. The van der Waals surface area contributed by atoms with Crippen LogP contribution in [0.5, 0.6) is 11.5 Å². The third kappa shape index (κ3) is 2.72. The number of methoxy groups -OCH3 is 3. The van der Waals surface area contributed by atoms with Gasteiger partial charge in [0.1, 0.15) is 28.9 Å². The number of hydrogen-bond donors (Lipinski definition) is 1. The normalized spacial score (nSPS) is 18.1. The summed E-state index contributed by atoms with van der Waals surface area (Å²) in [5, 5.41) is 7.66. The summed E-state index contributed by atoms with van der Waals surface area (Å²) in [5.41, 5.74) is 2.51. The number of nitrogens with zero attached hydrogens (tertiary/aromatic N) is 2. The first-order valence-electron chi connectivity index (χ1n) is 9.00. The van der Waals surface area contributed by atoms with Crippen LogP contribution >= 0.6 is 0 Å². The van der Waals surface area contributed by atoms with Gasteiger partial charge in [-0.1, -0.05) is 0 Å². The number of ether oxygens (including phenoxy) is 3. The maximum atomic E-state index is 12.9. The second-order valence-corrected chi connectivity index (χ2v) is 6.65. The number of Topliss-reactive ketones (excluding diaryl/α,β-unsaturated/α-hetero) is 1. The van der Waals surface area contributed by atoms with Crippen molar-refractivity contribution in [2.75, 3.05) is 26.6 Å². The molecule has 0 radical (unpaired) electrons. The molecule has 2 aliphatic rings. The summed E-state index contributed by atoms with van der Waals surface area (Å²) in [5.74, 6) is 1.33. The van der Waals surface area contributed by atoms with Gasteiger partial charge in [0.2, 0.25) is 0 Å². The first kappa shape index (κ1) is 18.1. The fraction of sp³-hybridized carbons (Fsp3) is 0.350. The van der Waals surface area contributed by atoms with E-state index in [1.807, 2.05) is 6.07 Å². The van der Waals surface area contributed by atoms with E-state index in [-0.39, 0.29) is 5.78 Å². The van der Waals surface area contributed by atoms with Gasteiger partial charge < -0.3 is 19.5 Å². The highest BCUT2D eigenvalue weighted by Gasteiger charge is 2.39. The highest BCUT2D eigenvalue weighted by Crippen LogP contribution is 2.44. The van der Waals surface area contributed by atoms with Crippen molar-refractivity contribution in [2.24, 2.45) is 0 Å². The van der Waals surface area contributed by atoms with Crippen LogP contribution in [-0.4, -0.2) is 42.9 Å². The SMILES string of the molecule is COC(=O)c1cnn2c1NC1=C(C(=O)CCC1)[C@@H]2c1cc(OC)ccc1OC. The smallest absolute Gasteiger partial charge is 0.343 e. The van der Waals surface area contributed by atoms with E-state index in [4.69, 9.17) is 14.2 Å². The number of rotatable bonds is 4. The first-order chi connectivity index (χ1) is 13.6. The van der Waals surface area contributed by atoms with Crippen molar-refractivity contribution in [1.82, 2.24) is 9.78 Å². The van der Waals surface area contributed by atoms with Crippen LogP contribution in [0.25, 0.3) is 0 Å². The quantitative estimate of drug-likeness (QED) is 0.812. The van der Waals surface area contributed by atoms with Crippen LogP contribution in [0.2, 0.25) is 0 Å². The van der Waals surface area contributed by atoms with E-state index < -0.39 is 12.0 Å². The van der Waals surface area contributed by atoms with Crippen molar-refractivity contribution in [3.63, 3.8) is 0 Å². The van der Waals surface area contributed by atoms with E-state index in [0.29, 0.717) is 34.9 Å². The number of fused-ring (bicyclic) bond motifs is 1. The molecule has 0 bridgehead atoms. The van der Waals surface area contributed by atoms with Crippen LogP contribution in [0.15, 0.2) is 35.7 Å². The van der Waals surface area contributed by atoms with Crippen LogP contribution in [0, 0.1) is 0 Å². The molecule has 1 aromatic carbocycles. The average Bonchev–Trinajstić information content (AvgIpc) is 3.15. The number of allylic oxidation sites excluding steroid dienone is 2. The van der Waals surface area contributed by atoms with E-state index in [9.17, 15) is 9.59 Å². The lowest BCUT2D eigenvalue weighted by atomic mass is 9.85. The molecule has 146 valence electrons. The Morgan fingerprint density at radius 3 is 2.75 bits per heavy atom. The van der Waals surface area contributed by atoms with Gasteiger partial charge >= 0.3 is 5.97 Å². The summed E-state index contributed by atoms with van der Waals surface area (Å²) < 4.78 is 17.5. The predicted molar refractivity (Wildman–Crippen MR) is 101 cm³/mol. The van der Waals surface area contributed by atoms with E-state index in [2.05, 4.69) is 10.4 Å². The Balaban J connectivity index is 1.97. The van der Waals surface area contributed by atoms with Crippen molar-refractivity contribution in [3.8, 4) is 11.5 Å². The number of nitrogens with one attached hydrogen (secondary N) is 1. The molecule has 0 unspecified atom stereocenters. The number of carbonyl (C=O) groups is 2. The largest absolute Gasteiger partial charge is 0.497 e. The van der Waals surface area contributed by atoms with Gasteiger partial charge in [0.15, 0.2) is 5.78 Å². The molecule has 0 amide bonds. The number of benzene rings is 1. The molecule has 0 spiro atoms. The number of ketones is 1. The topological polar surface area (TPSA) is 91.7 Å². The molecule has 2 heterocycles. The van der Waals surface area contributed by atoms with E-state index in [0.717, 1.165) is 24.1 Å². The van der Waals surface area contributed by atoms with Gasteiger partial charge in [-0.2, -0.15) is 5.10 Å². The van der Waals surface area contributed by atoms with Crippen LogP contribution in [0.4, 0.5) is 5.82 Å². The molecule has 0 saturated carbocycles. The molecule has 2 aromatic rings. The molecule has 8 heteroatoms. The van der Waals surface area contributed by atoms with Crippen molar-refractivity contribution >= 4 is 17.6 Å². The molecule has 28 heavy (non-hydrogen) atoms. The summed E-state index contributed by atoms with van der Waals surface area (Å²) in [4.78, 5) is 25.1. The minimum Gasteiger partial charge on any atom is -0.497 e. The number of hydrogen-bond acceptors (Lipinski definition) is 7. The average molecular weight is 383 g/mol. The summed E-state index contributed by atoms with van der Waals surface area (Å²) in [7, 11) is 4.49. The number of anilines is 1. The maximum absolute atomic E-state index is 12.9. The predicted octanol–water partition coefficient (Wildman–Crippen LogP) is 2.71. The monoisotopic (exact) mass is 383 g/mol. The summed E-state index contributed by atoms with van der Waals surface area (Å²) in [6.45, 7) is 0. The lowest BCUT2D eigenvalue weighted by molar-refractivity contribution is -0.116. The highest BCUT2D eigenvalue weighted by atomic mass is 16.5. The molecular formula is C20H21N3O5. The number of carbonyl (C=O) groups excluding carboxylic acids is 2. The zero-order valence-electron chi connectivity index (χ0n) is 15.9. The van der Waals surface area contributed by atoms with Gasteiger partial charge in [0.05, 0.1) is 27.5 Å². The zero-order chi connectivity index (χ0) is 19.8. The standard InChI is InChI=1S/C20H21N3O5/c1-26-11-7-8-16(27-2)12(9-11)18-17-14(5-4-6-15(17)24)22-19-13(20(25)28-3)10-21-23(18)19/h7-10,18,22H,4-6H2,1-3H3/t18-/m0/s1. The van der Waals surface area contributed by atoms with Crippen LogP contribution in [-0.2, 0) is 9.53 Å². The van der Waals surface area contributed by atoms with Gasteiger partial charge in [-0.15, -0.1) is 0 Å². The first-order valence-corrected chi connectivity index (χ1v) is 9.00. The van der Waals surface area contributed by atoms with Crippen molar-refractivity contribution in [2.45, 2.75) is 25.3 Å². The molecule has 8 nitrogen and oxygen atoms in total. The minimum absolute atomic E-state index is 0.0596. The highest BCUT2D eigenvalue weighted by molar-refractivity contribution is 6.01. The summed E-state index contributed by atoms with van der Waals surface area (Å²) in [6.07, 6.45) is 3.41. The molecule has 1 aromatic heterocycles. The lowest BCUT2D eigenvalue weighted by Crippen LogP contribution is -2.32. The second kappa shape index (κ2) is 7.03.